The average Bonchev–Trinajstić information content (AvgIpc) is 2.15. The summed E-state index contributed by atoms with van der Waals surface area (Å²) in [5.41, 5.74) is 0.448. The summed E-state index contributed by atoms with van der Waals surface area (Å²) in [7, 11) is 0. The van der Waals surface area contributed by atoms with E-state index in [0.29, 0.717) is 12.1 Å². The van der Waals surface area contributed by atoms with Crippen LogP contribution in [-0.2, 0) is 4.79 Å². The Kier molecular flexibility index (Phi) is 4.67. The molecule has 1 aromatic rings. The molecular formula is C10H10FIN2O. The highest BCUT2D eigenvalue weighted by Gasteiger charge is 2.02. The molecular weight excluding hydrogens is 310 g/mol. The Balaban J connectivity index is 2.67. The van der Waals surface area contributed by atoms with Crippen LogP contribution in [0, 0.1) is 9.52 Å². The van der Waals surface area contributed by atoms with Crippen LogP contribution in [0.3, 0.4) is 0 Å². The lowest BCUT2D eigenvalue weighted by Gasteiger charge is -1.99. The zero-order valence-electron chi connectivity index (χ0n) is 8.13. The molecule has 0 aliphatic carbocycles. The maximum Gasteiger partial charge on any atom is 0.221 e. The smallest absolute Gasteiger partial charge is 0.221 e. The van der Waals surface area contributed by atoms with E-state index >= 15 is 0 Å². The SMILES string of the molecule is CC(=O)NCC=Cc1c(I)ccnc1F. The van der Waals surface area contributed by atoms with Crippen LogP contribution in [0.25, 0.3) is 6.08 Å². The molecule has 0 spiro atoms. The molecule has 15 heavy (non-hydrogen) atoms. The number of amides is 1. The molecule has 5 heteroatoms. The molecule has 1 amide bonds. The van der Waals surface area contributed by atoms with Crippen LogP contribution < -0.4 is 5.32 Å². The van der Waals surface area contributed by atoms with Gasteiger partial charge in [0.15, 0.2) is 0 Å². The summed E-state index contributed by atoms with van der Waals surface area (Å²) in [6.45, 7) is 1.82. The third-order valence-electron chi connectivity index (χ3n) is 1.64. The molecule has 80 valence electrons. The van der Waals surface area contributed by atoms with Crippen molar-refractivity contribution in [2.24, 2.45) is 0 Å². The van der Waals surface area contributed by atoms with Crippen molar-refractivity contribution in [3.63, 3.8) is 0 Å². The van der Waals surface area contributed by atoms with Crippen molar-refractivity contribution in [1.82, 2.24) is 10.3 Å². The minimum atomic E-state index is -0.499. The summed E-state index contributed by atoms with van der Waals surface area (Å²) in [6.07, 6.45) is 4.71. The van der Waals surface area contributed by atoms with Gasteiger partial charge in [-0.05, 0) is 28.7 Å². The van der Waals surface area contributed by atoms with Crippen molar-refractivity contribution >= 4 is 34.6 Å². The van der Waals surface area contributed by atoms with Crippen molar-refractivity contribution in [3.8, 4) is 0 Å². The number of hydrogen-bond donors (Lipinski definition) is 1. The van der Waals surface area contributed by atoms with E-state index in [1.54, 1.807) is 18.2 Å². The Bertz CT molecular complexity index is 373. The first-order valence-electron chi connectivity index (χ1n) is 4.32. The van der Waals surface area contributed by atoms with Crippen LogP contribution in [-0.4, -0.2) is 17.4 Å². The average molecular weight is 320 g/mol. The van der Waals surface area contributed by atoms with Crippen LogP contribution in [0.1, 0.15) is 12.5 Å². The zero-order chi connectivity index (χ0) is 11.3. The maximum absolute atomic E-state index is 13.2. The van der Waals surface area contributed by atoms with E-state index in [0.717, 1.165) is 3.57 Å². The molecule has 0 aliphatic rings. The fraction of sp³-hybridized carbons (Fsp3) is 0.200. The van der Waals surface area contributed by atoms with Crippen LogP contribution in [0.15, 0.2) is 18.3 Å². The molecule has 0 unspecified atom stereocenters. The molecule has 1 heterocycles. The normalized spacial score (nSPS) is 10.6. The van der Waals surface area contributed by atoms with Crippen molar-refractivity contribution in [2.45, 2.75) is 6.92 Å². The van der Waals surface area contributed by atoms with Crippen molar-refractivity contribution in [1.29, 1.82) is 0 Å². The lowest BCUT2D eigenvalue weighted by molar-refractivity contribution is -0.118. The largest absolute Gasteiger partial charge is 0.353 e. The Morgan fingerprint density at radius 2 is 2.47 bits per heavy atom. The summed E-state index contributed by atoms with van der Waals surface area (Å²) >= 11 is 2.03. The molecule has 1 aromatic heterocycles. The summed E-state index contributed by atoms with van der Waals surface area (Å²) in [5, 5.41) is 2.58. The van der Waals surface area contributed by atoms with Crippen LogP contribution in [0.4, 0.5) is 4.39 Å². The molecule has 0 fully saturated rings. The standard InChI is InChI=1S/C10H10FIN2O/c1-7(15)13-5-2-3-8-9(12)4-6-14-10(8)11/h2-4,6H,5H2,1H3,(H,13,15). The highest BCUT2D eigenvalue weighted by molar-refractivity contribution is 14.1. The summed E-state index contributed by atoms with van der Waals surface area (Å²) in [4.78, 5) is 14.1. The van der Waals surface area contributed by atoms with Crippen molar-refractivity contribution in [3.05, 3.63) is 33.4 Å². The first-order valence-corrected chi connectivity index (χ1v) is 5.40. The lowest BCUT2D eigenvalue weighted by atomic mass is 10.2. The quantitative estimate of drug-likeness (QED) is 0.683. The van der Waals surface area contributed by atoms with Gasteiger partial charge in [0.25, 0.3) is 0 Å². The first kappa shape index (κ1) is 12.1. The number of rotatable bonds is 3. The molecule has 0 saturated carbocycles. The molecule has 0 aliphatic heterocycles. The number of aromatic nitrogens is 1. The Morgan fingerprint density at radius 3 is 3.07 bits per heavy atom. The van der Waals surface area contributed by atoms with Crippen LogP contribution in [0.5, 0.6) is 0 Å². The number of halogens is 2. The van der Waals surface area contributed by atoms with Gasteiger partial charge in [0, 0.05) is 28.8 Å². The topological polar surface area (TPSA) is 42.0 Å². The summed E-state index contributed by atoms with van der Waals surface area (Å²) < 4.78 is 14.0. The Hall–Kier alpha value is -0.980. The first-order chi connectivity index (χ1) is 7.11. The van der Waals surface area contributed by atoms with Gasteiger partial charge < -0.3 is 5.32 Å². The predicted molar refractivity (Wildman–Crippen MR) is 64.6 cm³/mol. The number of nitrogens with one attached hydrogen (secondary N) is 1. The van der Waals surface area contributed by atoms with Crippen LogP contribution in [0.2, 0.25) is 0 Å². The number of pyridine rings is 1. The van der Waals surface area contributed by atoms with Crippen LogP contribution >= 0.6 is 22.6 Å². The molecule has 0 bridgehead atoms. The van der Waals surface area contributed by atoms with Gasteiger partial charge in [-0.25, -0.2) is 4.98 Å². The summed E-state index contributed by atoms with van der Waals surface area (Å²) in [6, 6.07) is 1.72. The van der Waals surface area contributed by atoms with Gasteiger partial charge in [0.1, 0.15) is 0 Å². The minimum Gasteiger partial charge on any atom is -0.353 e. The highest BCUT2D eigenvalue weighted by Crippen LogP contribution is 2.14. The van der Waals surface area contributed by atoms with Gasteiger partial charge in [-0.15, -0.1) is 0 Å². The molecule has 1 N–H and O–H groups in total. The number of hydrogen-bond acceptors (Lipinski definition) is 2. The van der Waals surface area contributed by atoms with Gasteiger partial charge >= 0.3 is 0 Å². The monoisotopic (exact) mass is 320 g/mol. The second-order valence-corrected chi connectivity index (χ2v) is 4.00. The zero-order valence-corrected chi connectivity index (χ0v) is 10.3. The van der Waals surface area contributed by atoms with E-state index in [1.165, 1.54) is 13.1 Å². The second-order valence-electron chi connectivity index (χ2n) is 2.84. The second kappa shape index (κ2) is 5.79. The lowest BCUT2D eigenvalue weighted by Crippen LogP contribution is -2.19. The molecule has 1 rings (SSSR count). The van der Waals surface area contributed by atoms with E-state index in [2.05, 4.69) is 10.3 Å². The molecule has 0 atom stereocenters. The highest BCUT2D eigenvalue weighted by atomic mass is 127. The number of nitrogens with zero attached hydrogens (tertiary/aromatic N) is 1. The van der Waals surface area contributed by atoms with E-state index in [1.807, 2.05) is 22.6 Å². The molecule has 0 radical (unpaired) electrons. The molecule has 0 saturated heterocycles. The van der Waals surface area contributed by atoms with Gasteiger partial charge in [-0.1, -0.05) is 12.2 Å². The third kappa shape index (κ3) is 3.94. The van der Waals surface area contributed by atoms with Gasteiger partial charge in [0.05, 0.1) is 0 Å². The van der Waals surface area contributed by atoms with Gasteiger partial charge in [0.2, 0.25) is 11.9 Å². The Morgan fingerprint density at radius 1 is 1.73 bits per heavy atom. The van der Waals surface area contributed by atoms with E-state index in [9.17, 15) is 9.18 Å². The minimum absolute atomic E-state index is 0.110. The third-order valence-corrected chi connectivity index (χ3v) is 2.58. The van der Waals surface area contributed by atoms with Gasteiger partial charge in [-0.2, -0.15) is 4.39 Å². The fourth-order valence-corrected chi connectivity index (χ4v) is 1.52. The van der Waals surface area contributed by atoms with E-state index in [-0.39, 0.29) is 5.91 Å². The molecule has 3 nitrogen and oxygen atoms in total. The number of carbonyl (C=O) groups is 1. The predicted octanol–water partition coefficient (Wildman–Crippen LogP) is 1.97. The number of carbonyl (C=O) groups excluding carboxylic acids is 1. The Labute approximate surface area is 101 Å². The fourth-order valence-electron chi connectivity index (χ4n) is 0.954. The molecule has 0 aromatic carbocycles. The van der Waals surface area contributed by atoms with E-state index < -0.39 is 5.95 Å². The van der Waals surface area contributed by atoms with E-state index in [4.69, 9.17) is 0 Å². The van der Waals surface area contributed by atoms with Gasteiger partial charge in [-0.3, -0.25) is 4.79 Å². The van der Waals surface area contributed by atoms with Crippen molar-refractivity contribution in [2.75, 3.05) is 6.54 Å². The van der Waals surface area contributed by atoms with Crippen molar-refractivity contribution < 1.29 is 9.18 Å². The summed E-state index contributed by atoms with van der Waals surface area (Å²) in [5.74, 6) is -0.609. The maximum atomic E-state index is 13.2.